The smallest absolute Gasteiger partial charge is 0.0944 e. The van der Waals surface area contributed by atoms with E-state index in [2.05, 4.69) is 31.6 Å². The Morgan fingerprint density at radius 1 is 1.30 bits per heavy atom. The zero-order chi connectivity index (χ0) is 14.6. The van der Waals surface area contributed by atoms with Crippen LogP contribution in [0.1, 0.15) is 70.0 Å². The molecule has 3 nitrogen and oxygen atoms in total. The molecule has 4 heteroatoms. The summed E-state index contributed by atoms with van der Waals surface area (Å²) >= 11 is 1.78. The molecule has 1 heterocycles. The maximum absolute atomic E-state index is 5.82. The minimum atomic E-state index is 0.142. The van der Waals surface area contributed by atoms with E-state index in [0.717, 1.165) is 6.42 Å². The van der Waals surface area contributed by atoms with Gasteiger partial charge in [-0.15, -0.1) is 11.3 Å². The number of hydrogen-bond donors (Lipinski definition) is 2. The van der Waals surface area contributed by atoms with E-state index in [1.165, 1.54) is 49.2 Å². The van der Waals surface area contributed by atoms with Crippen LogP contribution in [0.5, 0.6) is 0 Å². The quantitative estimate of drug-likeness (QED) is 0.505. The Morgan fingerprint density at radius 3 is 2.45 bits per heavy atom. The Balaban J connectivity index is 2.00. The zero-order valence-corrected chi connectivity index (χ0v) is 13.9. The van der Waals surface area contributed by atoms with Crippen molar-refractivity contribution in [2.45, 2.75) is 77.2 Å². The number of hydrazine groups is 1. The molecule has 0 amide bonds. The molecule has 1 fully saturated rings. The minimum Gasteiger partial charge on any atom is -0.271 e. The summed E-state index contributed by atoms with van der Waals surface area (Å²) in [6, 6.07) is 0.382. The first-order chi connectivity index (χ1) is 9.50. The molecule has 2 rings (SSSR count). The van der Waals surface area contributed by atoms with Gasteiger partial charge in [-0.3, -0.25) is 11.3 Å². The molecule has 0 bridgehead atoms. The van der Waals surface area contributed by atoms with Crippen molar-refractivity contribution < 1.29 is 0 Å². The Hall–Kier alpha value is -0.450. The van der Waals surface area contributed by atoms with Crippen molar-refractivity contribution in [1.29, 1.82) is 0 Å². The number of rotatable bonds is 4. The second kappa shape index (κ2) is 7.01. The van der Waals surface area contributed by atoms with Gasteiger partial charge >= 0.3 is 0 Å². The lowest BCUT2D eigenvalue weighted by molar-refractivity contribution is 0.320. The van der Waals surface area contributed by atoms with Crippen molar-refractivity contribution in [1.82, 2.24) is 10.4 Å². The summed E-state index contributed by atoms with van der Waals surface area (Å²) in [4.78, 5) is 4.81. The Kier molecular flexibility index (Phi) is 5.58. The number of thiazole rings is 1. The second-order valence-electron chi connectivity index (χ2n) is 7.11. The molecule has 0 aromatic carbocycles. The molecule has 0 aliphatic heterocycles. The van der Waals surface area contributed by atoms with E-state index in [0.29, 0.717) is 12.0 Å². The molecule has 3 N–H and O–H groups in total. The van der Waals surface area contributed by atoms with E-state index in [9.17, 15) is 0 Å². The minimum absolute atomic E-state index is 0.142. The molecule has 1 aliphatic rings. The van der Waals surface area contributed by atoms with Crippen LogP contribution in [0, 0.1) is 5.92 Å². The average Bonchev–Trinajstić information content (AvgIpc) is 2.71. The predicted octanol–water partition coefficient (Wildman–Crippen LogP) is 3.79. The van der Waals surface area contributed by atoms with Crippen molar-refractivity contribution in [2.75, 3.05) is 0 Å². The van der Waals surface area contributed by atoms with Gasteiger partial charge in [-0.1, -0.05) is 46.5 Å². The van der Waals surface area contributed by atoms with Gasteiger partial charge in [0.05, 0.1) is 10.7 Å². The van der Waals surface area contributed by atoms with Crippen molar-refractivity contribution in [2.24, 2.45) is 11.8 Å². The van der Waals surface area contributed by atoms with Crippen LogP contribution in [-0.2, 0) is 11.8 Å². The van der Waals surface area contributed by atoms with E-state index in [1.54, 1.807) is 11.3 Å². The largest absolute Gasteiger partial charge is 0.271 e. The lowest BCUT2D eigenvalue weighted by Gasteiger charge is -2.24. The lowest BCUT2D eigenvalue weighted by Crippen LogP contribution is -2.42. The van der Waals surface area contributed by atoms with E-state index >= 15 is 0 Å². The summed E-state index contributed by atoms with van der Waals surface area (Å²) in [7, 11) is 0. The lowest BCUT2D eigenvalue weighted by atomic mass is 9.90. The van der Waals surface area contributed by atoms with Crippen LogP contribution in [0.4, 0.5) is 0 Å². The highest BCUT2D eigenvalue weighted by Gasteiger charge is 2.24. The van der Waals surface area contributed by atoms with Crippen LogP contribution in [-0.4, -0.2) is 11.0 Å². The van der Waals surface area contributed by atoms with Gasteiger partial charge in [0, 0.05) is 23.3 Å². The van der Waals surface area contributed by atoms with Crippen LogP contribution < -0.4 is 11.3 Å². The third-order valence-electron chi connectivity index (χ3n) is 4.40. The van der Waals surface area contributed by atoms with Crippen LogP contribution in [0.3, 0.4) is 0 Å². The topological polar surface area (TPSA) is 50.9 Å². The average molecular weight is 295 g/mol. The van der Waals surface area contributed by atoms with Crippen LogP contribution >= 0.6 is 11.3 Å². The van der Waals surface area contributed by atoms with Crippen LogP contribution in [0.25, 0.3) is 0 Å². The second-order valence-corrected chi connectivity index (χ2v) is 8.05. The van der Waals surface area contributed by atoms with Gasteiger partial charge in [0.15, 0.2) is 0 Å². The molecule has 1 saturated carbocycles. The van der Waals surface area contributed by atoms with E-state index in [1.807, 2.05) is 0 Å². The highest BCUT2D eigenvalue weighted by Crippen LogP contribution is 2.29. The van der Waals surface area contributed by atoms with Gasteiger partial charge < -0.3 is 0 Å². The van der Waals surface area contributed by atoms with E-state index < -0.39 is 0 Å². The fourth-order valence-corrected chi connectivity index (χ4v) is 4.09. The first-order valence-corrected chi connectivity index (χ1v) is 8.79. The molecule has 20 heavy (non-hydrogen) atoms. The van der Waals surface area contributed by atoms with Gasteiger partial charge in [-0.05, 0) is 18.8 Å². The third-order valence-corrected chi connectivity index (χ3v) is 5.27. The molecule has 1 aliphatic carbocycles. The van der Waals surface area contributed by atoms with Crippen molar-refractivity contribution in [3.63, 3.8) is 0 Å². The fraction of sp³-hybridized carbons (Fsp3) is 0.812. The van der Waals surface area contributed by atoms with Gasteiger partial charge in [-0.25, -0.2) is 4.98 Å². The van der Waals surface area contributed by atoms with Crippen molar-refractivity contribution >= 4 is 11.3 Å². The van der Waals surface area contributed by atoms with Gasteiger partial charge in [-0.2, -0.15) is 0 Å². The molecule has 0 saturated heterocycles. The molecule has 1 aromatic rings. The standard InChI is InChI=1S/C16H29N3S/c1-16(2,3)14-11-20-15(18-14)10-13(19-17)12-8-6-4-5-7-9-12/h11-13,19H,4-10,17H2,1-3H3. The SMILES string of the molecule is CC(C)(C)c1csc(CC(NN)C2CCCCCC2)n1. The highest BCUT2D eigenvalue weighted by molar-refractivity contribution is 7.09. The molecule has 0 spiro atoms. The highest BCUT2D eigenvalue weighted by atomic mass is 32.1. The van der Waals surface area contributed by atoms with E-state index in [4.69, 9.17) is 10.8 Å². The Labute approximate surface area is 127 Å². The summed E-state index contributed by atoms with van der Waals surface area (Å²) in [5.41, 5.74) is 4.41. The molecule has 114 valence electrons. The van der Waals surface area contributed by atoms with E-state index in [-0.39, 0.29) is 5.41 Å². The van der Waals surface area contributed by atoms with Gasteiger partial charge in [0.1, 0.15) is 0 Å². The summed E-state index contributed by atoms with van der Waals surface area (Å²) in [6.07, 6.45) is 9.08. The van der Waals surface area contributed by atoms with Crippen LogP contribution in [0.2, 0.25) is 0 Å². The maximum Gasteiger partial charge on any atom is 0.0944 e. The number of nitrogens with zero attached hydrogens (tertiary/aromatic N) is 1. The Bertz CT molecular complexity index is 400. The fourth-order valence-electron chi connectivity index (χ4n) is 3.01. The van der Waals surface area contributed by atoms with Crippen molar-refractivity contribution in [3.05, 3.63) is 16.1 Å². The van der Waals surface area contributed by atoms with Gasteiger partial charge in [0.25, 0.3) is 0 Å². The normalized spacial score (nSPS) is 19.8. The third kappa shape index (κ3) is 4.27. The summed E-state index contributed by atoms with van der Waals surface area (Å²) in [5.74, 6) is 6.53. The molecular weight excluding hydrogens is 266 g/mol. The van der Waals surface area contributed by atoms with Gasteiger partial charge in [0.2, 0.25) is 0 Å². The summed E-state index contributed by atoms with van der Waals surface area (Å²) < 4.78 is 0. The molecule has 1 atom stereocenters. The monoisotopic (exact) mass is 295 g/mol. The number of hydrogen-bond acceptors (Lipinski definition) is 4. The Morgan fingerprint density at radius 2 is 1.95 bits per heavy atom. The molecule has 0 radical (unpaired) electrons. The molecule has 1 unspecified atom stereocenters. The predicted molar refractivity (Wildman–Crippen MR) is 86.8 cm³/mol. The molecular formula is C16H29N3S. The maximum atomic E-state index is 5.82. The number of nitrogens with two attached hydrogens (primary N) is 1. The summed E-state index contributed by atoms with van der Waals surface area (Å²) in [5, 5.41) is 3.43. The van der Waals surface area contributed by atoms with Crippen molar-refractivity contribution in [3.8, 4) is 0 Å². The summed E-state index contributed by atoms with van der Waals surface area (Å²) in [6.45, 7) is 6.65. The van der Waals surface area contributed by atoms with Crippen LogP contribution in [0.15, 0.2) is 5.38 Å². The zero-order valence-electron chi connectivity index (χ0n) is 13.1. The first-order valence-electron chi connectivity index (χ1n) is 7.91. The number of nitrogens with one attached hydrogen (secondary N) is 1. The first kappa shape index (κ1) is 15.9. The molecule has 1 aromatic heterocycles. The number of aromatic nitrogens is 1.